The van der Waals surface area contributed by atoms with E-state index in [0.717, 1.165) is 34.9 Å². The summed E-state index contributed by atoms with van der Waals surface area (Å²) in [5.41, 5.74) is 3.15. The first kappa shape index (κ1) is 10.9. The summed E-state index contributed by atoms with van der Waals surface area (Å²) in [6.45, 7) is 2.04. The smallest absolute Gasteiger partial charge is 0.142 e. The van der Waals surface area contributed by atoms with Gasteiger partial charge in [0.2, 0.25) is 0 Å². The van der Waals surface area contributed by atoms with Crippen LogP contribution in [-0.2, 0) is 0 Å². The van der Waals surface area contributed by atoms with E-state index >= 15 is 0 Å². The number of aliphatic hydroxyl groups is 1. The largest absolute Gasteiger partial charge is 0.495 e. The molecule has 3 nitrogen and oxygen atoms in total. The van der Waals surface area contributed by atoms with E-state index in [1.54, 1.807) is 7.11 Å². The number of fused-ring (bicyclic) bond motifs is 1. The first-order valence-electron chi connectivity index (χ1n) is 6.32. The predicted molar refractivity (Wildman–Crippen MR) is 67.4 cm³/mol. The van der Waals surface area contributed by atoms with E-state index in [-0.39, 0.29) is 6.10 Å². The van der Waals surface area contributed by atoms with E-state index in [1.165, 1.54) is 12.8 Å². The Balaban J connectivity index is 2.03. The van der Waals surface area contributed by atoms with Gasteiger partial charge in [-0.15, -0.1) is 0 Å². The first-order valence-corrected chi connectivity index (χ1v) is 6.32. The van der Waals surface area contributed by atoms with E-state index in [9.17, 15) is 5.11 Å². The molecule has 0 amide bonds. The monoisotopic (exact) mass is 233 g/mol. The Kier molecular flexibility index (Phi) is 2.51. The van der Waals surface area contributed by atoms with Crippen molar-refractivity contribution in [2.45, 2.75) is 38.3 Å². The summed E-state index contributed by atoms with van der Waals surface area (Å²) in [7, 11) is 1.68. The Morgan fingerprint density at radius 3 is 2.76 bits per heavy atom. The van der Waals surface area contributed by atoms with Crippen molar-refractivity contribution >= 4 is 5.69 Å². The molecule has 1 aromatic rings. The Bertz CT molecular complexity index is 440. The second kappa shape index (κ2) is 3.91. The highest BCUT2D eigenvalue weighted by Gasteiger charge is 2.37. The summed E-state index contributed by atoms with van der Waals surface area (Å²) in [4.78, 5) is 0. The lowest BCUT2D eigenvalue weighted by atomic mass is 9.89. The molecule has 0 spiro atoms. The Morgan fingerprint density at radius 1 is 1.35 bits per heavy atom. The van der Waals surface area contributed by atoms with Crippen molar-refractivity contribution in [3.63, 3.8) is 0 Å². The number of aryl methyl sites for hydroxylation is 1. The van der Waals surface area contributed by atoms with Gasteiger partial charge in [-0.3, -0.25) is 0 Å². The fourth-order valence-corrected chi connectivity index (χ4v) is 2.86. The van der Waals surface area contributed by atoms with Crippen LogP contribution in [0.5, 0.6) is 5.75 Å². The molecule has 2 N–H and O–H groups in total. The van der Waals surface area contributed by atoms with Crippen LogP contribution in [0.15, 0.2) is 12.1 Å². The van der Waals surface area contributed by atoms with Crippen LogP contribution in [0, 0.1) is 12.8 Å². The van der Waals surface area contributed by atoms with Crippen molar-refractivity contribution < 1.29 is 9.84 Å². The highest BCUT2D eigenvalue weighted by Crippen LogP contribution is 2.46. The molecule has 0 saturated heterocycles. The maximum absolute atomic E-state index is 10.3. The van der Waals surface area contributed by atoms with Crippen LogP contribution in [0.3, 0.4) is 0 Å². The lowest BCUT2D eigenvalue weighted by Gasteiger charge is -2.33. The number of nitrogens with one attached hydrogen (secondary N) is 1. The molecule has 17 heavy (non-hydrogen) atoms. The maximum Gasteiger partial charge on any atom is 0.142 e. The molecule has 0 radical (unpaired) electrons. The van der Waals surface area contributed by atoms with Gasteiger partial charge in [0.05, 0.1) is 18.9 Å². The fourth-order valence-electron chi connectivity index (χ4n) is 2.86. The number of hydrogen-bond donors (Lipinski definition) is 2. The van der Waals surface area contributed by atoms with Crippen LogP contribution in [0.1, 0.15) is 36.5 Å². The SMILES string of the molecule is COc1ccc(C)c2c1NC(C1CC1)CC2O. The van der Waals surface area contributed by atoms with Crippen LogP contribution in [-0.4, -0.2) is 18.3 Å². The first-order chi connectivity index (χ1) is 8.20. The zero-order chi connectivity index (χ0) is 12.0. The van der Waals surface area contributed by atoms with Crippen molar-refractivity contribution in [1.82, 2.24) is 0 Å². The number of hydrogen-bond acceptors (Lipinski definition) is 3. The summed E-state index contributed by atoms with van der Waals surface area (Å²) in [6.07, 6.45) is 3.04. The van der Waals surface area contributed by atoms with Crippen LogP contribution >= 0.6 is 0 Å². The molecule has 2 aliphatic rings. The molecule has 1 aliphatic carbocycles. The van der Waals surface area contributed by atoms with Gasteiger partial charge in [-0.1, -0.05) is 6.07 Å². The molecule has 2 atom stereocenters. The van der Waals surface area contributed by atoms with Crippen molar-refractivity contribution in [3.05, 3.63) is 23.3 Å². The second-order valence-corrected chi connectivity index (χ2v) is 5.21. The van der Waals surface area contributed by atoms with E-state index in [4.69, 9.17) is 4.74 Å². The summed E-state index contributed by atoms with van der Waals surface area (Å²) < 4.78 is 5.39. The number of rotatable bonds is 2. The Hall–Kier alpha value is -1.22. The van der Waals surface area contributed by atoms with Crippen molar-refractivity contribution in [2.24, 2.45) is 5.92 Å². The van der Waals surface area contributed by atoms with E-state index < -0.39 is 0 Å². The van der Waals surface area contributed by atoms with Gasteiger partial charge in [0.25, 0.3) is 0 Å². The third-order valence-corrected chi connectivity index (χ3v) is 3.98. The predicted octanol–water partition coefficient (Wildman–Crippen LogP) is 2.63. The number of ether oxygens (including phenoxy) is 1. The zero-order valence-corrected chi connectivity index (χ0v) is 10.4. The average molecular weight is 233 g/mol. The molecule has 0 aromatic heterocycles. The maximum atomic E-state index is 10.3. The lowest BCUT2D eigenvalue weighted by Crippen LogP contribution is -2.30. The third kappa shape index (κ3) is 1.78. The van der Waals surface area contributed by atoms with Gasteiger partial charge in [-0.05, 0) is 43.7 Å². The van der Waals surface area contributed by atoms with E-state index in [1.807, 2.05) is 19.1 Å². The quantitative estimate of drug-likeness (QED) is 0.825. The standard InChI is InChI=1S/C14H19NO2/c1-8-3-6-12(17-2)14-13(8)11(16)7-10(15-14)9-4-5-9/h3,6,9-11,15-16H,4-5,7H2,1-2H3. The van der Waals surface area contributed by atoms with Crippen LogP contribution < -0.4 is 10.1 Å². The van der Waals surface area contributed by atoms with E-state index in [0.29, 0.717) is 6.04 Å². The number of methoxy groups -OCH3 is 1. The number of benzene rings is 1. The second-order valence-electron chi connectivity index (χ2n) is 5.21. The highest BCUT2D eigenvalue weighted by atomic mass is 16.5. The van der Waals surface area contributed by atoms with Gasteiger partial charge < -0.3 is 15.2 Å². The molecule has 1 aromatic carbocycles. The average Bonchev–Trinajstić information content (AvgIpc) is 3.12. The summed E-state index contributed by atoms with van der Waals surface area (Å²) in [6, 6.07) is 4.40. The molecule has 1 heterocycles. The number of anilines is 1. The van der Waals surface area contributed by atoms with Gasteiger partial charge in [-0.2, -0.15) is 0 Å². The molecular weight excluding hydrogens is 214 g/mol. The Labute approximate surface area is 102 Å². The normalized spacial score (nSPS) is 27.2. The van der Waals surface area contributed by atoms with Crippen LogP contribution in [0.2, 0.25) is 0 Å². The van der Waals surface area contributed by atoms with Gasteiger partial charge in [0.15, 0.2) is 0 Å². The highest BCUT2D eigenvalue weighted by molar-refractivity contribution is 5.67. The molecule has 2 unspecified atom stereocenters. The lowest BCUT2D eigenvalue weighted by molar-refractivity contribution is 0.151. The summed E-state index contributed by atoms with van der Waals surface area (Å²) in [5, 5.41) is 13.9. The molecule has 3 heteroatoms. The zero-order valence-electron chi connectivity index (χ0n) is 10.4. The van der Waals surface area contributed by atoms with Crippen LogP contribution in [0.25, 0.3) is 0 Å². The minimum Gasteiger partial charge on any atom is -0.495 e. The topological polar surface area (TPSA) is 41.5 Å². The molecule has 1 aliphatic heterocycles. The van der Waals surface area contributed by atoms with Crippen molar-refractivity contribution in [1.29, 1.82) is 0 Å². The van der Waals surface area contributed by atoms with Gasteiger partial charge in [0, 0.05) is 11.6 Å². The molecule has 92 valence electrons. The minimum atomic E-state index is -0.355. The molecular formula is C14H19NO2. The summed E-state index contributed by atoms with van der Waals surface area (Å²) in [5.74, 6) is 1.58. The van der Waals surface area contributed by atoms with Crippen molar-refractivity contribution in [3.8, 4) is 5.75 Å². The summed E-state index contributed by atoms with van der Waals surface area (Å²) >= 11 is 0. The van der Waals surface area contributed by atoms with Crippen molar-refractivity contribution in [2.75, 3.05) is 12.4 Å². The molecule has 0 bridgehead atoms. The minimum absolute atomic E-state index is 0.355. The molecule has 1 fully saturated rings. The van der Waals surface area contributed by atoms with Gasteiger partial charge >= 0.3 is 0 Å². The van der Waals surface area contributed by atoms with Gasteiger partial charge in [-0.25, -0.2) is 0 Å². The van der Waals surface area contributed by atoms with E-state index in [2.05, 4.69) is 5.32 Å². The van der Waals surface area contributed by atoms with Gasteiger partial charge in [0.1, 0.15) is 5.75 Å². The van der Waals surface area contributed by atoms with Crippen LogP contribution in [0.4, 0.5) is 5.69 Å². The molecule has 3 rings (SSSR count). The number of aliphatic hydroxyl groups excluding tert-OH is 1. The third-order valence-electron chi connectivity index (χ3n) is 3.98. The fraction of sp³-hybridized carbons (Fsp3) is 0.571. The Morgan fingerprint density at radius 2 is 2.12 bits per heavy atom. The molecule has 1 saturated carbocycles.